The van der Waals surface area contributed by atoms with Crippen LogP contribution in [0.3, 0.4) is 0 Å². The predicted molar refractivity (Wildman–Crippen MR) is 84.9 cm³/mol. The molecule has 2 unspecified atom stereocenters. The third-order valence-corrected chi connectivity index (χ3v) is 4.79. The zero-order valence-corrected chi connectivity index (χ0v) is 13.4. The van der Waals surface area contributed by atoms with E-state index in [0.717, 1.165) is 25.0 Å². The summed E-state index contributed by atoms with van der Waals surface area (Å²) in [4.78, 5) is 0. The summed E-state index contributed by atoms with van der Waals surface area (Å²) in [5.41, 5.74) is 2.82. The van der Waals surface area contributed by atoms with Gasteiger partial charge in [-0.1, -0.05) is 12.1 Å². The van der Waals surface area contributed by atoms with E-state index in [9.17, 15) is 0 Å². The maximum absolute atomic E-state index is 6.12. The van der Waals surface area contributed by atoms with Gasteiger partial charge in [-0.25, -0.2) is 0 Å². The first-order valence-electron chi connectivity index (χ1n) is 8.19. The molecule has 1 saturated heterocycles. The second-order valence-electron chi connectivity index (χ2n) is 6.91. The molecular weight excluding hydrogens is 262 g/mol. The Balaban J connectivity index is 1.69. The van der Waals surface area contributed by atoms with E-state index in [1.54, 1.807) is 0 Å². The fourth-order valence-corrected chi connectivity index (χ4v) is 3.63. The Bertz CT molecular complexity index is 498. The zero-order chi connectivity index (χ0) is 14.9. The van der Waals surface area contributed by atoms with Gasteiger partial charge in [-0.3, -0.25) is 0 Å². The third-order valence-electron chi connectivity index (χ3n) is 4.79. The van der Waals surface area contributed by atoms with Crippen LogP contribution in [0.1, 0.15) is 56.7 Å². The van der Waals surface area contributed by atoms with E-state index in [0.29, 0.717) is 12.6 Å². The van der Waals surface area contributed by atoms with Crippen LogP contribution in [0.5, 0.6) is 5.75 Å². The maximum atomic E-state index is 6.12. The summed E-state index contributed by atoms with van der Waals surface area (Å²) in [6.45, 7) is 4.99. The lowest BCUT2D eigenvalue weighted by Crippen LogP contribution is -2.25. The minimum atomic E-state index is 0.0152. The van der Waals surface area contributed by atoms with Crippen LogP contribution in [0.15, 0.2) is 18.2 Å². The van der Waals surface area contributed by atoms with Crippen molar-refractivity contribution >= 4 is 0 Å². The smallest absolute Gasteiger partial charge is 0.122 e. The van der Waals surface area contributed by atoms with Crippen LogP contribution in [0.25, 0.3) is 0 Å². The monoisotopic (exact) mass is 289 g/mol. The molecular formula is C18H27NO2. The van der Waals surface area contributed by atoms with Gasteiger partial charge >= 0.3 is 0 Å². The van der Waals surface area contributed by atoms with E-state index < -0.39 is 0 Å². The number of hydrogen-bond acceptors (Lipinski definition) is 3. The topological polar surface area (TPSA) is 30.5 Å². The summed E-state index contributed by atoms with van der Waals surface area (Å²) >= 11 is 0. The molecule has 1 heterocycles. The molecule has 116 valence electrons. The van der Waals surface area contributed by atoms with Gasteiger partial charge in [-0.2, -0.15) is 0 Å². The van der Waals surface area contributed by atoms with E-state index in [2.05, 4.69) is 37.4 Å². The summed E-state index contributed by atoms with van der Waals surface area (Å²) in [5, 5.41) is 3.42. The molecule has 0 spiro atoms. The Morgan fingerprint density at radius 1 is 1.33 bits per heavy atom. The molecule has 1 aliphatic heterocycles. The highest BCUT2D eigenvalue weighted by atomic mass is 16.6. The summed E-state index contributed by atoms with van der Waals surface area (Å²) < 4.78 is 12.1. The van der Waals surface area contributed by atoms with E-state index in [4.69, 9.17) is 9.47 Å². The molecule has 0 amide bonds. The minimum absolute atomic E-state index is 0.0152. The molecule has 2 atom stereocenters. The van der Waals surface area contributed by atoms with Crippen molar-refractivity contribution in [3.63, 3.8) is 0 Å². The number of hydrogen-bond donors (Lipinski definition) is 1. The van der Waals surface area contributed by atoms with Crippen molar-refractivity contribution in [3.8, 4) is 5.75 Å². The fourth-order valence-electron chi connectivity index (χ4n) is 3.63. The third kappa shape index (κ3) is 3.24. The van der Waals surface area contributed by atoms with Crippen molar-refractivity contribution in [2.45, 2.75) is 63.7 Å². The van der Waals surface area contributed by atoms with Crippen LogP contribution in [0.2, 0.25) is 0 Å². The van der Waals surface area contributed by atoms with Crippen LogP contribution < -0.4 is 10.1 Å². The Morgan fingerprint density at radius 2 is 2.19 bits per heavy atom. The average Bonchev–Trinajstić information content (AvgIpc) is 2.83. The fraction of sp³-hybridized carbons (Fsp3) is 0.667. The van der Waals surface area contributed by atoms with Crippen LogP contribution in [-0.2, 0) is 11.2 Å². The van der Waals surface area contributed by atoms with Crippen molar-refractivity contribution in [1.29, 1.82) is 0 Å². The highest BCUT2D eigenvalue weighted by Crippen LogP contribution is 2.36. The number of ether oxygens (including phenoxy) is 2. The highest BCUT2D eigenvalue weighted by Gasteiger charge is 2.32. The number of fused-ring (bicyclic) bond motifs is 1. The van der Waals surface area contributed by atoms with Crippen molar-refractivity contribution < 1.29 is 9.47 Å². The summed E-state index contributed by atoms with van der Waals surface area (Å²) in [6.07, 6.45) is 6.02. The maximum Gasteiger partial charge on any atom is 0.122 e. The van der Waals surface area contributed by atoms with Crippen molar-refractivity contribution in [2.24, 2.45) is 0 Å². The van der Waals surface area contributed by atoms with Gasteiger partial charge in [0.25, 0.3) is 0 Å². The molecule has 1 aromatic carbocycles. The first-order valence-corrected chi connectivity index (χ1v) is 8.19. The quantitative estimate of drug-likeness (QED) is 0.918. The number of nitrogens with one attached hydrogen (secondary N) is 1. The molecule has 1 aromatic rings. The molecule has 1 N–H and O–H groups in total. The van der Waals surface area contributed by atoms with Gasteiger partial charge in [0, 0.05) is 6.04 Å². The molecule has 0 radical (unpaired) electrons. The van der Waals surface area contributed by atoms with Crippen LogP contribution in [0, 0.1) is 0 Å². The molecule has 21 heavy (non-hydrogen) atoms. The number of rotatable bonds is 4. The Hall–Kier alpha value is -1.06. The van der Waals surface area contributed by atoms with Gasteiger partial charge < -0.3 is 14.8 Å². The van der Waals surface area contributed by atoms with Crippen molar-refractivity contribution in [1.82, 2.24) is 5.32 Å². The van der Waals surface area contributed by atoms with Gasteiger partial charge in [0.15, 0.2) is 0 Å². The molecule has 1 fully saturated rings. The van der Waals surface area contributed by atoms with Gasteiger partial charge in [-0.05, 0) is 70.2 Å². The Kier molecular flexibility index (Phi) is 4.23. The predicted octanol–water partition coefficient (Wildman–Crippen LogP) is 3.62. The Labute approximate surface area is 128 Å². The van der Waals surface area contributed by atoms with Crippen molar-refractivity contribution in [2.75, 3.05) is 13.7 Å². The van der Waals surface area contributed by atoms with Crippen LogP contribution >= 0.6 is 0 Å². The zero-order valence-electron chi connectivity index (χ0n) is 13.4. The summed E-state index contributed by atoms with van der Waals surface area (Å²) in [5.74, 6) is 1.06. The second-order valence-corrected chi connectivity index (χ2v) is 6.91. The highest BCUT2D eigenvalue weighted by molar-refractivity contribution is 5.43. The lowest BCUT2D eigenvalue weighted by Gasteiger charge is -2.27. The van der Waals surface area contributed by atoms with Gasteiger partial charge in [0.1, 0.15) is 12.4 Å². The number of benzene rings is 1. The van der Waals surface area contributed by atoms with Crippen molar-refractivity contribution in [3.05, 3.63) is 29.3 Å². The lowest BCUT2D eigenvalue weighted by atomic mass is 9.87. The van der Waals surface area contributed by atoms with Crippen LogP contribution in [0.4, 0.5) is 0 Å². The van der Waals surface area contributed by atoms with Gasteiger partial charge in [0.2, 0.25) is 0 Å². The second kappa shape index (κ2) is 5.98. The summed E-state index contributed by atoms with van der Waals surface area (Å²) in [7, 11) is 2.04. The molecule has 2 aliphatic rings. The normalized spacial score (nSPS) is 27.4. The van der Waals surface area contributed by atoms with E-state index in [1.807, 2.05) is 7.05 Å². The van der Waals surface area contributed by atoms with E-state index in [1.165, 1.54) is 24.0 Å². The average molecular weight is 289 g/mol. The molecule has 0 aromatic heterocycles. The molecule has 3 heteroatoms. The molecule has 1 aliphatic carbocycles. The molecule has 0 bridgehead atoms. The molecule has 3 rings (SSSR count). The largest absolute Gasteiger partial charge is 0.491 e. The standard InChI is InChI=1S/C18H27NO2/c1-18(2)11-10-13(21-18)12-20-17-9-5-6-14-15(17)7-4-8-16(14)19-3/h5-6,9,13,16,19H,4,7-8,10-12H2,1-3H3. The van der Waals surface area contributed by atoms with Gasteiger partial charge in [-0.15, -0.1) is 0 Å². The van der Waals surface area contributed by atoms with E-state index in [-0.39, 0.29) is 11.7 Å². The Morgan fingerprint density at radius 3 is 2.90 bits per heavy atom. The first kappa shape index (κ1) is 14.9. The first-order chi connectivity index (χ1) is 10.1. The minimum Gasteiger partial charge on any atom is -0.491 e. The molecule has 3 nitrogen and oxygen atoms in total. The SMILES string of the molecule is CNC1CCCc2c(OCC3CCC(C)(C)O3)cccc21. The molecule has 0 saturated carbocycles. The van der Waals surface area contributed by atoms with E-state index >= 15 is 0 Å². The van der Waals surface area contributed by atoms with Gasteiger partial charge in [0.05, 0.1) is 11.7 Å². The summed E-state index contributed by atoms with van der Waals surface area (Å²) in [6, 6.07) is 6.93. The lowest BCUT2D eigenvalue weighted by molar-refractivity contribution is -0.0327. The van der Waals surface area contributed by atoms with Crippen LogP contribution in [-0.4, -0.2) is 25.4 Å².